The molecule has 1 unspecified atom stereocenters. The number of nitrogens with zero attached hydrogens (tertiary/aromatic N) is 2. The minimum absolute atomic E-state index is 0.0689. The standard InChI is InChI=1S/C26H31N5O2S/c1-19(27)29-30-25(28)21-15-13-20(14-16-21)10-6-5-9-17-31-24(32)18-23(26(31)33)34-22-11-7-3-2-4-8-12-22/h2-4,7-8,11-16,23H,5-6,9-10,17-18H2,1H3,(H2,27,29)(H2,28,30)/p+1/b3-2-,4-2?,7-3?,8-4-,11-7-,12-8?,22-11?,22-12+. The van der Waals surface area contributed by atoms with E-state index in [2.05, 4.69) is 10.2 Å². The lowest BCUT2D eigenvalue weighted by Gasteiger charge is -2.15. The monoisotopic (exact) mass is 478 g/mol. The summed E-state index contributed by atoms with van der Waals surface area (Å²) in [6.07, 6.45) is 17.6. The number of hydrogen-bond acceptors (Lipinski definition) is 4. The number of carbonyl (C=O) groups excluding carboxylic acids is 2. The van der Waals surface area contributed by atoms with Crippen molar-refractivity contribution in [2.45, 2.75) is 44.3 Å². The van der Waals surface area contributed by atoms with Gasteiger partial charge in [-0.05, 0) is 56.0 Å². The quantitative estimate of drug-likeness (QED) is 0.156. The molecule has 1 aliphatic carbocycles. The number of amides is 2. The van der Waals surface area contributed by atoms with Gasteiger partial charge in [0.25, 0.3) is 5.84 Å². The smallest absolute Gasteiger partial charge is 0.298 e. The maximum atomic E-state index is 12.8. The highest BCUT2D eigenvalue weighted by atomic mass is 32.2. The molecule has 0 bridgehead atoms. The summed E-state index contributed by atoms with van der Waals surface area (Å²) >= 11 is 1.46. The summed E-state index contributed by atoms with van der Waals surface area (Å²) in [5, 5.41) is 6.29. The number of carbonyl (C=O) groups is 2. The van der Waals surface area contributed by atoms with Crippen LogP contribution in [0.2, 0.25) is 0 Å². The second-order valence-electron chi connectivity index (χ2n) is 8.18. The van der Waals surface area contributed by atoms with Crippen molar-refractivity contribution in [2.24, 2.45) is 16.6 Å². The van der Waals surface area contributed by atoms with Crippen LogP contribution in [0, 0.1) is 0 Å². The van der Waals surface area contributed by atoms with Crippen LogP contribution in [0.3, 0.4) is 0 Å². The number of aryl methyl sites for hydroxylation is 1. The van der Waals surface area contributed by atoms with Gasteiger partial charge < -0.3 is 5.73 Å². The van der Waals surface area contributed by atoms with Crippen LogP contribution in [0.4, 0.5) is 0 Å². The van der Waals surface area contributed by atoms with E-state index in [0.29, 0.717) is 18.2 Å². The number of rotatable bonds is 10. The van der Waals surface area contributed by atoms with E-state index in [4.69, 9.17) is 11.5 Å². The summed E-state index contributed by atoms with van der Waals surface area (Å²) in [6.45, 7) is 2.17. The highest BCUT2D eigenvalue weighted by Crippen LogP contribution is 2.32. The summed E-state index contributed by atoms with van der Waals surface area (Å²) in [4.78, 5) is 27.6. The van der Waals surface area contributed by atoms with Crippen LogP contribution in [0.1, 0.15) is 43.7 Å². The number of unbranched alkanes of at least 4 members (excludes halogenated alkanes) is 2. The zero-order valence-corrected chi connectivity index (χ0v) is 20.3. The number of allylic oxidation sites excluding steroid dienone is 7. The first-order valence-electron chi connectivity index (χ1n) is 11.4. The van der Waals surface area contributed by atoms with E-state index in [9.17, 15) is 9.59 Å². The predicted molar refractivity (Wildman–Crippen MR) is 139 cm³/mol. The first kappa shape index (κ1) is 25.2. The van der Waals surface area contributed by atoms with Gasteiger partial charge in [-0.3, -0.25) is 20.2 Å². The fraction of sp³-hybridized carbons (Fsp3) is 0.308. The average molecular weight is 479 g/mol. The molecule has 2 aliphatic rings. The fourth-order valence-electron chi connectivity index (χ4n) is 3.61. The Labute approximate surface area is 205 Å². The van der Waals surface area contributed by atoms with Crippen LogP contribution in [0.25, 0.3) is 0 Å². The van der Waals surface area contributed by atoms with Crippen molar-refractivity contribution in [1.82, 2.24) is 4.90 Å². The minimum Gasteiger partial charge on any atom is -0.384 e. The van der Waals surface area contributed by atoms with E-state index < -0.39 is 0 Å². The van der Waals surface area contributed by atoms with E-state index in [1.54, 1.807) is 6.92 Å². The third kappa shape index (κ3) is 7.59. The lowest BCUT2D eigenvalue weighted by molar-refractivity contribution is -0.462. The number of hydrazone groups is 1. The van der Waals surface area contributed by atoms with E-state index in [0.717, 1.165) is 36.2 Å². The molecule has 8 heteroatoms. The van der Waals surface area contributed by atoms with Gasteiger partial charge in [0.15, 0.2) is 0 Å². The van der Waals surface area contributed by atoms with Gasteiger partial charge in [0.05, 0.1) is 10.8 Å². The summed E-state index contributed by atoms with van der Waals surface area (Å²) in [7, 11) is 0. The highest BCUT2D eigenvalue weighted by molar-refractivity contribution is 8.04. The Bertz CT molecular complexity index is 1060. The molecular formula is C26H32N5O2S+. The first-order chi connectivity index (χ1) is 16.4. The Balaban J connectivity index is 1.41. The molecule has 2 amide bonds. The van der Waals surface area contributed by atoms with Crippen molar-refractivity contribution in [2.75, 3.05) is 6.54 Å². The second-order valence-corrected chi connectivity index (χ2v) is 9.45. The van der Waals surface area contributed by atoms with Gasteiger partial charge in [-0.25, -0.2) is 0 Å². The lowest BCUT2D eigenvalue weighted by Crippen LogP contribution is -2.70. The lowest BCUT2D eigenvalue weighted by atomic mass is 10.0. The third-order valence-corrected chi connectivity index (χ3v) is 6.61. The van der Waals surface area contributed by atoms with Crippen molar-refractivity contribution < 1.29 is 14.7 Å². The van der Waals surface area contributed by atoms with Crippen molar-refractivity contribution in [3.63, 3.8) is 0 Å². The molecule has 1 aromatic carbocycles. The number of likely N-dealkylation sites (tertiary alicyclic amines) is 1. The Kier molecular flexibility index (Phi) is 9.46. The van der Waals surface area contributed by atoms with Crippen LogP contribution in [-0.4, -0.2) is 40.2 Å². The summed E-state index contributed by atoms with van der Waals surface area (Å²) in [6, 6.07) is 7.99. The SMILES string of the molecule is C/C(N)=N/[NH+]=C(\N)c1ccc(CCCCCN2C(=O)CC(SC3=C/C=C\C=C/C=C\3)C2=O)cc1. The topological polar surface area (TPSA) is 116 Å². The normalized spacial score (nSPS) is 23.3. The van der Waals surface area contributed by atoms with Gasteiger partial charge in [-0.2, -0.15) is 0 Å². The van der Waals surface area contributed by atoms with Crippen molar-refractivity contribution in [3.8, 4) is 0 Å². The fourth-order valence-corrected chi connectivity index (χ4v) is 4.71. The highest BCUT2D eigenvalue weighted by Gasteiger charge is 2.38. The number of amidine groups is 2. The number of imide groups is 1. The molecule has 1 atom stereocenters. The van der Waals surface area contributed by atoms with E-state index in [-0.39, 0.29) is 23.5 Å². The molecule has 7 nitrogen and oxygen atoms in total. The number of nitrogens with two attached hydrogens (primary N) is 2. The first-order valence-corrected chi connectivity index (χ1v) is 12.3. The summed E-state index contributed by atoms with van der Waals surface area (Å²) < 4.78 is 0. The number of benzene rings is 1. The molecule has 0 radical (unpaired) electrons. The average Bonchev–Trinajstić information content (AvgIpc) is 3.06. The predicted octanol–water partition coefficient (Wildman–Crippen LogP) is 1.90. The van der Waals surface area contributed by atoms with Crippen LogP contribution in [-0.2, 0) is 16.0 Å². The van der Waals surface area contributed by atoms with Gasteiger partial charge >= 0.3 is 0 Å². The van der Waals surface area contributed by atoms with Gasteiger partial charge in [-0.15, -0.1) is 16.9 Å². The largest absolute Gasteiger partial charge is 0.384 e. The van der Waals surface area contributed by atoms with Crippen molar-refractivity contribution in [1.29, 1.82) is 0 Å². The molecule has 1 heterocycles. The molecule has 1 fully saturated rings. The van der Waals surface area contributed by atoms with Crippen LogP contribution >= 0.6 is 11.8 Å². The number of nitrogen functional groups attached to an aromatic ring is 1. The molecule has 5 N–H and O–H groups in total. The molecule has 1 saturated heterocycles. The molecule has 0 spiro atoms. The number of thioether (sulfide) groups is 1. The molecule has 34 heavy (non-hydrogen) atoms. The summed E-state index contributed by atoms with van der Waals surface area (Å²) in [5.41, 5.74) is 13.5. The molecule has 0 aromatic heterocycles. The number of nitrogens with one attached hydrogen (secondary N) is 1. The molecule has 0 saturated carbocycles. The maximum Gasteiger partial charge on any atom is 0.298 e. The molecule has 178 valence electrons. The molecule has 3 rings (SSSR count). The second kappa shape index (κ2) is 12.7. The van der Waals surface area contributed by atoms with Gasteiger partial charge in [0.1, 0.15) is 5.84 Å². The van der Waals surface area contributed by atoms with Crippen LogP contribution in [0.15, 0.2) is 76.8 Å². The Hall–Kier alpha value is -3.39. The van der Waals surface area contributed by atoms with Crippen molar-refractivity contribution >= 4 is 35.2 Å². The Morgan fingerprint density at radius 1 is 1.06 bits per heavy atom. The van der Waals surface area contributed by atoms with Crippen LogP contribution < -0.4 is 16.6 Å². The summed E-state index contributed by atoms with van der Waals surface area (Å²) in [5.74, 6) is 0.715. The van der Waals surface area contributed by atoms with E-state index >= 15 is 0 Å². The third-order valence-electron chi connectivity index (χ3n) is 5.41. The van der Waals surface area contributed by atoms with E-state index in [1.807, 2.05) is 66.8 Å². The van der Waals surface area contributed by atoms with Crippen LogP contribution in [0.5, 0.6) is 0 Å². The van der Waals surface area contributed by atoms with Gasteiger partial charge in [0.2, 0.25) is 11.8 Å². The van der Waals surface area contributed by atoms with Crippen molar-refractivity contribution in [3.05, 3.63) is 82.8 Å². The Morgan fingerprint density at radius 2 is 1.79 bits per heavy atom. The van der Waals surface area contributed by atoms with Gasteiger partial charge in [-0.1, -0.05) is 54.0 Å². The zero-order chi connectivity index (χ0) is 24.3. The van der Waals surface area contributed by atoms with E-state index in [1.165, 1.54) is 22.2 Å². The Morgan fingerprint density at radius 3 is 2.56 bits per heavy atom. The molecule has 1 aromatic rings. The molecule has 1 aliphatic heterocycles. The maximum absolute atomic E-state index is 12.8. The zero-order valence-electron chi connectivity index (χ0n) is 19.4. The molecular weight excluding hydrogens is 446 g/mol. The minimum atomic E-state index is -0.336. The number of hydrogen-bond donors (Lipinski definition) is 3. The van der Waals surface area contributed by atoms with Gasteiger partial charge in [0, 0.05) is 17.9 Å².